The Bertz CT molecular complexity index is 1030. The van der Waals surface area contributed by atoms with Crippen LogP contribution in [0.15, 0.2) is 24.3 Å². The third-order valence-electron chi connectivity index (χ3n) is 5.79. The van der Waals surface area contributed by atoms with E-state index < -0.39 is 0 Å². The lowest BCUT2D eigenvalue weighted by atomic mass is 9.89. The fourth-order valence-corrected chi connectivity index (χ4v) is 5.60. The van der Waals surface area contributed by atoms with E-state index in [4.69, 9.17) is 19.4 Å². The molecule has 0 unspecified atom stereocenters. The molecule has 1 aliphatic heterocycles. The standard InChI is InChI=1S/C22H24FN3O2S/c1-14-5-6-17-18(11-14)29-22-20(17)21(28-16-4-2-3-15(23)12-16)24-19(25-22)13-26-7-9-27-10-8-26/h2-4,12,14H,5-11,13H2,1H3/p+1/t14-/m1/s1. The molecular formula is C22H25FN3O2S+. The minimum atomic E-state index is -0.313. The van der Waals surface area contributed by atoms with E-state index in [0.717, 1.165) is 68.2 Å². The fourth-order valence-electron chi connectivity index (χ4n) is 4.21. The van der Waals surface area contributed by atoms with E-state index in [1.165, 1.54) is 27.5 Å². The first-order valence-electron chi connectivity index (χ1n) is 10.3. The molecule has 1 saturated heterocycles. The average molecular weight is 415 g/mol. The van der Waals surface area contributed by atoms with Gasteiger partial charge in [-0.2, -0.15) is 4.98 Å². The monoisotopic (exact) mass is 414 g/mol. The number of hydrogen-bond acceptors (Lipinski definition) is 5. The van der Waals surface area contributed by atoms with Crippen LogP contribution in [0.4, 0.5) is 4.39 Å². The number of fused-ring (bicyclic) bond motifs is 3. The molecule has 3 aromatic rings. The van der Waals surface area contributed by atoms with Crippen LogP contribution in [0.2, 0.25) is 0 Å². The Kier molecular flexibility index (Phi) is 5.20. The highest BCUT2D eigenvalue weighted by Crippen LogP contribution is 2.41. The van der Waals surface area contributed by atoms with Crippen molar-refractivity contribution in [3.63, 3.8) is 0 Å². The Balaban J connectivity index is 1.56. The van der Waals surface area contributed by atoms with Gasteiger partial charge in [0.15, 0.2) is 5.82 Å². The minimum Gasteiger partial charge on any atom is -0.438 e. The molecule has 1 N–H and O–H groups in total. The number of aromatic nitrogens is 2. The summed E-state index contributed by atoms with van der Waals surface area (Å²) in [5.74, 6) is 2.20. The highest BCUT2D eigenvalue weighted by molar-refractivity contribution is 7.18. The van der Waals surface area contributed by atoms with Gasteiger partial charge in [0.1, 0.15) is 36.0 Å². The van der Waals surface area contributed by atoms with E-state index in [0.29, 0.717) is 17.5 Å². The molecule has 2 aromatic heterocycles. The normalized spacial score (nSPS) is 20.0. The third kappa shape index (κ3) is 3.99. The molecule has 1 aromatic carbocycles. The van der Waals surface area contributed by atoms with E-state index in [2.05, 4.69) is 6.92 Å². The number of nitrogens with zero attached hydrogens (tertiary/aromatic N) is 2. The molecule has 1 aliphatic carbocycles. The molecule has 3 heterocycles. The van der Waals surface area contributed by atoms with E-state index in [1.807, 2.05) is 0 Å². The zero-order valence-corrected chi connectivity index (χ0v) is 17.4. The maximum atomic E-state index is 13.7. The van der Waals surface area contributed by atoms with E-state index in [9.17, 15) is 4.39 Å². The topological polar surface area (TPSA) is 48.7 Å². The summed E-state index contributed by atoms with van der Waals surface area (Å²) in [5.41, 5.74) is 1.32. The van der Waals surface area contributed by atoms with Crippen LogP contribution in [0, 0.1) is 11.7 Å². The highest BCUT2D eigenvalue weighted by Gasteiger charge is 2.26. The van der Waals surface area contributed by atoms with Crippen LogP contribution >= 0.6 is 11.3 Å². The molecule has 7 heteroatoms. The quantitative estimate of drug-likeness (QED) is 0.713. The first-order chi connectivity index (χ1) is 14.2. The highest BCUT2D eigenvalue weighted by atomic mass is 32.1. The zero-order valence-electron chi connectivity index (χ0n) is 16.5. The van der Waals surface area contributed by atoms with E-state index in [-0.39, 0.29) is 5.82 Å². The van der Waals surface area contributed by atoms with Crippen molar-refractivity contribution in [1.82, 2.24) is 9.97 Å². The zero-order chi connectivity index (χ0) is 19.8. The number of quaternary nitrogens is 1. The van der Waals surface area contributed by atoms with Gasteiger partial charge >= 0.3 is 0 Å². The number of benzene rings is 1. The first kappa shape index (κ1) is 18.9. The van der Waals surface area contributed by atoms with E-state index >= 15 is 0 Å². The molecule has 0 radical (unpaired) electrons. The lowest BCUT2D eigenvalue weighted by molar-refractivity contribution is -0.922. The van der Waals surface area contributed by atoms with Gasteiger partial charge in [0.25, 0.3) is 0 Å². The predicted octanol–water partition coefficient (Wildman–Crippen LogP) is 3.16. The number of aryl methyl sites for hydroxylation is 1. The van der Waals surface area contributed by atoms with E-state index in [1.54, 1.807) is 23.5 Å². The van der Waals surface area contributed by atoms with Crippen molar-refractivity contribution in [3.8, 4) is 11.6 Å². The lowest BCUT2D eigenvalue weighted by Gasteiger charge is -2.23. The Labute approximate surface area is 173 Å². The summed E-state index contributed by atoms with van der Waals surface area (Å²) in [7, 11) is 0. The molecule has 29 heavy (non-hydrogen) atoms. The molecule has 152 valence electrons. The minimum absolute atomic E-state index is 0.313. The summed E-state index contributed by atoms with van der Waals surface area (Å²) in [5, 5.41) is 1.02. The molecule has 0 amide bonds. The van der Waals surface area contributed by atoms with Crippen molar-refractivity contribution < 1.29 is 18.8 Å². The number of rotatable bonds is 4. The molecule has 0 bridgehead atoms. The molecule has 0 saturated carbocycles. The van der Waals surface area contributed by atoms with Gasteiger partial charge in [0.05, 0.1) is 18.6 Å². The van der Waals surface area contributed by atoms with Crippen molar-refractivity contribution in [2.75, 3.05) is 26.3 Å². The van der Waals surface area contributed by atoms with Gasteiger partial charge in [0, 0.05) is 10.9 Å². The lowest BCUT2D eigenvalue weighted by Crippen LogP contribution is -3.12. The van der Waals surface area contributed by atoms with Crippen LogP contribution in [-0.2, 0) is 24.1 Å². The second-order valence-electron chi connectivity index (χ2n) is 8.08. The molecule has 5 rings (SSSR count). The van der Waals surface area contributed by atoms with Crippen LogP contribution in [0.3, 0.4) is 0 Å². The summed E-state index contributed by atoms with van der Waals surface area (Å²) >= 11 is 1.77. The number of halogens is 1. The average Bonchev–Trinajstić information content (AvgIpc) is 3.06. The predicted molar refractivity (Wildman–Crippen MR) is 110 cm³/mol. The maximum Gasteiger partial charge on any atom is 0.231 e. The number of morpholine rings is 1. The Morgan fingerprint density at radius 1 is 1.28 bits per heavy atom. The fraction of sp³-hybridized carbons (Fsp3) is 0.455. The van der Waals surface area contributed by atoms with Crippen LogP contribution in [0.25, 0.3) is 10.2 Å². The van der Waals surface area contributed by atoms with Crippen LogP contribution in [0.1, 0.15) is 29.6 Å². The van der Waals surface area contributed by atoms with Crippen molar-refractivity contribution in [2.45, 2.75) is 32.7 Å². The smallest absolute Gasteiger partial charge is 0.231 e. The maximum absolute atomic E-state index is 13.7. The van der Waals surface area contributed by atoms with Gasteiger partial charge in [-0.3, -0.25) is 0 Å². The number of ether oxygens (including phenoxy) is 2. The largest absolute Gasteiger partial charge is 0.438 e. The summed E-state index contributed by atoms with van der Waals surface area (Å²) in [6.45, 7) is 6.51. The first-order valence-corrected chi connectivity index (χ1v) is 11.1. The summed E-state index contributed by atoms with van der Waals surface area (Å²) in [6.07, 6.45) is 3.27. The molecule has 5 nitrogen and oxygen atoms in total. The second kappa shape index (κ2) is 7.97. The van der Waals surface area contributed by atoms with Gasteiger partial charge in [-0.05, 0) is 42.9 Å². The SMILES string of the molecule is C[C@@H]1CCc2c(sc3nc(C[NH+]4CCOCC4)nc(Oc4cccc(F)c4)c23)C1. The number of thiophene rings is 1. The Morgan fingerprint density at radius 2 is 2.14 bits per heavy atom. The Hall–Kier alpha value is -2.09. The van der Waals surface area contributed by atoms with Gasteiger partial charge in [-0.15, -0.1) is 11.3 Å². The molecule has 1 atom stereocenters. The Morgan fingerprint density at radius 3 is 2.97 bits per heavy atom. The van der Waals surface area contributed by atoms with Gasteiger partial charge in [-0.25, -0.2) is 9.37 Å². The van der Waals surface area contributed by atoms with Crippen LogP contribution in [-0.4, -0.2) is 36.3 Å². The van der Waals surface area contributed by atoms with Crippen molar-refractivity contribution in [2.24, 2.45) is 5.92 Å². The number of nitrogens with one attached hydrogen (secondary N) is 1. The van der Waals surface area contributed by atoms with Gasteiger partial charge in [0.2, 0.25) is 5.88 Å². The van der Waals surface area contributed by atoms with Crippen LogP contribution < -0.4 is 9.64 Å². The third-order valence-corrected chi connectivity index (χ3v) is 6.94. The summed E-state index contributed by atoms with van der Waals surface area (Å²) in [6, 6.07) is 6.25. The molecular weight excluding hydrogens is 389 g/mol. The van der Waals surface area contributed by atoms with Gasteiger partial charge < -0.3 is 14.4 Å². The van der Waals surface area contributed by atoms with Crippen molar-refractivity contribution in [1.29, 1.82) is 0 Å². The molecule has 1 fully saturated rings. The second-order valence-corrected chi connectivity index (χ2v) is 9.16. The van der Waals surface area contributed by atoms with Crippen molar-refractivity contribution in [3.05, 3.63) is 46.3 Å². The molecule has 2 aliphatic rings. The van der Waals surface area contributed by atoms with Crippen LogP contribution in [0.5, 0.6) is 11.6 Å². The number of hydrogen-bond donors (Lipinski definition) is 1. The van der Waals surface area contributed by atoms with Gasteiger partial charge in [-0.1, -0.05) is 13.0 Å². The molecule has 0 spiro atoms. The summed E-state index contributed by atoms with van der Waals surface area (Å²) < 4.78 is 25.3. The van der Waals surface area contributed by atoms with Crippen molar-refractivity contribution >= 4 is 21.6 Å². The summed E-state index contributed by atoms with van der Waals surface area (Å²) in [4.78, 5) is 13.5.